The molecule has 1 aliphatic rings. The maximum atomic E-state index is 13.3. The Morgan fingerprint density at radius 2 is 1.69 bits per heavy atom. The molecule has 29 heavy (non-hydrogen) atoms. The number of aryl methyl sites for hydroxylation is 2. The van der Waals surface area contributed by atoms with Gasteiger partial charge in [0.25, 0.3) is 0 Å². The summed E-state index contributed by atoms with van der Waals surface area (Å²) in [7, 11) is -3.62. The van der Waals surface area contributed by atoms with Crippen molar-refractivity contribution in [3.05, 3.63) is 59.2 Å². The van der Waals surface area contributed by atoms with E-state index in [0.29, 0.717) is 28.4 Å². The minimum absolute atomic E-state index is 0.0782. The highest BCUT2D eigenvalue weighted by Gasteiger charge is 2.31. The topological polar surface area (TPSA) is 57.7 Å². The zero-order valence-corrected chi connectivity index (χ0v) is 17.8. The highest BCUT2D eigenvalue weighted by atomic mass is 32.2. The summed E-state index contributed by atoms with van der Waals surface area (Å²) < 4.78 is 53.6. The van der Waals surface area contributed by atoms with Crippen LogP contribution in [-0.4, -0.2) is 55.5 Å². The summed E-state index contributed by atoms with van der Waals surface area (Å²) in [5, 5.41) is 0. The Morgan fingerprint density at radius 3 is 2.34 bits per heavy atom. The number of halogens is 2. The molecule has 1 saturated heterocycles. The third-order valence-corrected chi connectivity index (χ3v) is 7.83. The molecule has 0 aromatic heterocycles. The molecule has 5 nitrogen and oxygen atoms in total. The van der Waals surface area contributed by atoms with Crippen molar-refractivity contribution in [1.29, 1.82) is 0 Å². The first kappa shape index (κ1) is 21.7. The number of carbonyl (C=O) groups excluding carboxylic acids is 1. The Labute approximate surface area is 173 Å². The van der Waals surface area contributed by atoms with Crippen molar-refractivity contribution in [3.8, 4) is 0 Å². The van der Waals surface area contributed by atoms with Gasteiger partial charge >= 0.3 is 0 Å². The molecule has 0 saturated carbocycles. The van der Waals surface area contributed by atoms with Gasteiger partial charge < -0.3 is 4.90 Å². The van der Waals surface area contributed by atoms with Crippen molar-refractivity contribution < 1.29 is 22.0 Å². The van der Waals surface area contributed by atoms with Crippen LogP contribution in [0.1, 0.15) is 11.1 Å². The minimum atomic E-state index is -3.62. The van der Waals surface area contributed by atoms with Gasteiger partial charge in [0.15, 0.2) is 11.6 Å². The molecule has 0 atom stereocenters. The lowest BCUT2D eigenvalue weighted by Crippen LogP contribution is -2.51. The zero-order chi connectivity index (χ0) is 21.2. The van der Waals surface area contributed by atoms with E-state index in [1.54, 1.807) is 24.0 Å². The Morgan fingerprint density at radius 1 is 1.00 bits per heavy atom. The molecule has 0 aliphatic carbocycles. The van der Waals surface area contributed by atoms with E-state index < -0.39 is 21.7 Å². The molecule has 156 valence electrons. The summed E-state index contributed by atoms with van der Waals surface area (Å²) in [6.45, 7) is 4.64. The number of hydrogen-bond acceptors (Lipinski definition) is 4. The number of amides is 1. The highest BCUT2D eigenvalue weighted by Crippen LogP contribution is 2.24. The Balaban J connectivity index is 1.58. The SMILES string of the molecule is Cc1ccc(C)c(S(=O)(=O)N2CCN(C(=O)CSc3ccc(F)c(F)c3)CC2)c1. The van der Waals surface area contributed by atoms with Crippen LogP contribution in [0, 0.1) is 25.5 Å². The van der Waals surface area contributed by atoms with E-state index in [1.165, 1.54) is 10.4 Å². The molecular weight excluding hydrogens is 418 g/mol. The fraction of sp³-hybridized carbons (Fsp3) is 0.350. The zero-order valence-electron chi connectivity index (χ0n) is 16.2. The predicted octanol–water partition coefficient (Wildman–Crippen LogP) is 3.21. The second-order valence-corrected chi connectivity index (χ2v) is 9.87. The monoisotopic (exact) mass is 440 g/mol. The van der Waals surface area contributed by atoms with Crippen molar-refractivity contribution in [2.45, 2.75) is 23.6 Å². The number of hydrogen-bond donors (Lipinski definition) is 0. The average Bonchev–Trinajstić information content (AvgIpc) is 2.70. The van der Waals surface area contributed by atoms with Crippen LogP contribution in [0.5, 0.6) is 0 Å². The molecule has 1 aliphatic heterocycles. The second kappa shape index (κ2) is 8.81. The van der Waals surface area contributed by atoms with Gasteiger partial charge in [-0.15, -0.1) is 11.8 Å². The van der Waals surface area contributed by atoms with Crippen LogP contribution in [-0.2, 0) is 14.8 Å². The molecular formula is C20H22F2N2O3S2. The standard InChI is InChI=1S/C20H22F2N2O3S2/c1-14-3-4-15(2)19(11-14)29(26,27)24-9-7-23(8-10-24)20(25)13-28-16-5-6-17(21)18(22)12-16/h3-6,11-12H,7-10,13H2,1-2H3. The van der Waals surface area contributed by atoms with Crippen LogP contribution in [0.2, 0.25) is 0 Å². The summed E-state index contributed by atoms with van der Waals surface area (Å²) in [4.78, 5) is 14.8. The molecule has 2 aromatic rings. The van der Waals surface area contributed by atoms with Gasteiger partial charge in [-0.25, -0.2) is 17.2 Å². The fourth-order valence-corrected chi connectivity index (χ4v) is 5.66. The first-order chi connectivity index (χ1) is 13.7. The van der Waals surface area contributed by atoms with E-state index in [0.717, 1.165) is 29.5 Å². The number of rotatable bonds is 5. The molecule has 1 fully saturated rings. The van der Waals surface area contributed by atoms with E-state index in [1.807, 2.05) is 13.0 Å². The lowest BCUT2D eigenvalue weighted by molar-refractivity contribution is -0.129. The quantitative estimate of drug-likeness (QED) is 0.670. The third kappa shape index (κ3) is 4.96. The van der Waals surface area contributed by atoms with Crippen molar-refractivity contribution in [2.24, 2.45) is 0 Å². The Bertz CT molecular complexity index is 1020. The molecule has 9 heteroatoms. The van der Waals surface area contributed by atoms with Crippen LogP contribution < -0.4 is 0 Å². The lowest BCUT2D eigenvalue weighted by Gasteiger charge is -2.34. The predicted molar refractivity (Wildman–Crippen MR) is 108 cm³/mol. The van der Waals surface area contributed by atoms with E-state index in [4.69, 9.17) is 0 Å². The minimum Gasteiger partial charge on any atom is -0.339 e. The summed E-state index contributed by atoms with van der Waals surface area (Å²) >= 11 is 1.12. The average molecular weight is 441 g/mol. The number of benzene rings is 2. The Kier molecular flexibility index (Phi) is 6.60. The lowest BCUT2D eigenvalue weighted by atomic mass is 10.2. The van der Waals surface area contributed by atoms with Crippen LogP contribution in [0.3, 0.4) is 0 Å². The van der Waals surface area contributed by atoms with Crippen LogP contribution in [0.15, 0.2) is 46.2 Å². The van der Waals surface area contributed by atoms with Gasteiger partial charge in [0.2, 0.25) is 15.9 Å². The number of piperazine rings is 1. The number of sulfonamides is 1. The maximum absolute atomic E-state index is 13.3. The van der Waals surface area contributed by atoms with Crippen molar-refractivity contribution >= 4 is 27.7 Å². The number of carbonyl (C=O) groups is 1. The fourth-order valence-electron chi connectivity index (χ4n) is 3.11. The van der Waals surface area contributed by atoms with E-state index in [-0.39, 0.29) is 24.7 Å². The Hall–Kier alpha value is -1.97. The van der Waals surface area contributed by atoms with Gasteiger partial charge in [-0.2, -0.15) is 4.31 Å². The van der Waals surface area contributed by atoms with E-state index in [2.05, 4.69) is 0 Å². The van der Waals surface area contributed by atoms with Crippen LogP contribution in [0.25, 0.3) is 0 Å². The van der Waals surface area contributed by atoms with Gasteiger partial charge in [0.05, 0.1) is 10.6 Å². The molecule has 1 amide bonds. The summed E-state index contributed by atoms with van der Waals surface area (Å²) in [5.41, 5.74) is 1.56. The highest BCUT2D eigenvalue weighted by molar-refractivity contribution is 8.00. The molecule has 3 rings (SSSR count). The second-order valence-electron chi connectivity index (χ2n) is 6.92. The summed E-state index contributed by atoms with van der Waals surface area (Å²) in [5.74, 6) is -1.97. The maximum Gasteiger partial charge on any atom is 0.243 e. The number of thioether (sulfide) groups is 1. The smallest absolute Gasteiger partial charge is 0.243 e. The largest absolute Gasteiger partial charge is 0.339 e. The molecule has 0 unspecified atom stereocenters. The van der Waals surface area contributed by atoms with Crippen molar-refractivity contribution in [3.63, 3.8) is 0 Å². The van der Waals surface area contributed by atoms with Gasteiger partial charge in [-0.1, -0.05) is 12.1 Å². The molecule has 0 bridgehead atoms. The van der Waals surface area contributed by atoms with Gasteiger partial charge in [-0.3, -0.25) is 4.79 Å². The van der Waals surface area contributed by atoms with Gasteiger partial charge in [0, 0.05) is 31.1 Å². The first-order valence-corrected chi connectivity index (χ1v) is 11.5. The van der Waals surface area contributed by atoms with Crippen molar-refractivity contribution in [2.75, 3.05) is 31.9 Å². The molecule has 0 radical (unpaired) electrons. The normalized spacial score (nSPS) is 15.5. The third-order valence-electron chi connectivity index (χ3n) is 4.81. The molecule has 0 N–H and O–H groups in total. The van der Waals surface area contributed by atoms with Gasteiger partial charge in [0.1, 0.15) is 0 Å². The van der Waals surface area contributed by atoms with Crippen LogP contribution in [0.4, 0.5) is 8.78 Å². The first-order valence-electron chi connectivity index (χ1n) is 9.11. The van der Waals surface area contributed by atoms with Crippen LogP contribution >= 0.6 is 11.8 Å². The van der Waals surface area contributed by atoms with E-state index >= 15 is 0 Å². The summed E-state index contributed by atoms with van der Waals surface area (Å²) in [6, 6.07) is 8.83. The molecule has 0 spiro atoms. The van der Waals surface area contributed by atoms with Gasteiger partial charge in [-0.05, 0) is 49.2 Å². The number of nitrogens with zero attached hydrogens (tertiary/aromatic N) is 2. The molecule has 1 heterocycles. The van der Waals surface area contributed by atoms with Crippen molar-refractivity contribution in [1.82, 2.24) is 9.21 Å². The molecule has 2 aromatic carbocycles. The summed E-state index contributed by atoms with van der Waals surface area (Å²) in [6.07, 6.45) is 0. The van der Waals surface area contributed by atoms with E-state index in [9.17, 15) is 22.0 Å².